The third-order valence-electron chi connectivity index (χ3n) is 11.2. The molecule has 57 heavy (non-hydrogen) atoms. The quantitative estimate of drug-likeness (QED) is 0.139. The van der Waals surface area contributed by atoms with Gasteiger partial charge in [-0.1, -0.05) is 132 Å². The van der Waals surface area contributed by atoms with Gasteiger partial charge in [0, 0.05) is 44.8 Å². The fourth-order valence-electron chi connectivity index (χ4n) is 7.53. The second-order valence-electron chi connectivity index (χ2n) is 19.5. The van der Waals surface area contributed by atoms with Crippen LogP contribution in [0.5, 0.6) is 0 Å². The van der Waals surface area contributed by atoms with Gasteiger partial charge in [-0.25, -0.2) is 9.97 Å². The summed E-state index contributed by atoms with van der Waals surface area (Å²) in [7, 11) is 0. The third kappa shape index (κ3) is 6.68. The molecule has 8 nitrogen and oxygen atoms in total. The molecule has 2 aliphatic heterocycles. The van der Waals surface area contributed by atoms with Crippen LogP contribution in [0.2, 0.25) is 0 Å². The summed E-state index contributed by atoms with van der Waals surface area (Å²) < 4.78 is 0. The van der Waals surface area contributed by atoms with Crippen LogP contribution in [-0.4, -0.2) is 29.9 Å². The molecule has 9 rings (SSSR count). The van der Waals surface area contributed by atoms with Crippen LogP contribution in [0.15, 0.2) is 72.8 Å². The molecule has 7 aromatic rings. The Morgan fingerprint density at radius 1 is 0.316 bits per heavy atom. The van der Waals surface area contributed by atoms with E-state index in [2.05, 4.69) is 156 Å². The van der Waals surface area contributed by atoms with Crippen molar-refractivity contribution in [2.45, 2.75) is 105 Å². The maximum Gasteiger partial charge on any atom is 2.00 e. The average Bonchev–Trinajstić information content (AvgIpc) is 3.84. The first-order valence-corrected chi connectivity index (χ1v) is 19.5. The molecule has 0 atom stereocenters. The van der Waals surface area contributed by atoms with Crippen molar-refractivity contribution in [2.24, 2.45) is 0 Å². The number of hydrogen-bond donors (Lipinski definition) is 0. The molecule has 4 aromatic carbocycles. The minimum Gasteiger partial charge on any atom is -0.357 e. The molecule has 3 aromatic heterocycles. The first-order chi connectivity index (χ1) is 26.2. The second kappa shape index (κ2) is 12.9. The maximum absolute atomic E-state index is 5.25. The molecule has 0 saturated carbocycles. The van der Waals surface area contributed by atoms with Crippen molar-refractivity contribution in [2.75, 3.05) is 0 Å². The van der Waals surface area contributed by atoms with E-state index in [-0.39, 0.29) is 41.1 Å². The number of fused-ring (bicyclic) bond motifs is 20. The van der Waals surface area contributed by atoms with Crippen LogP contribution in [0, 0.1) is 0 Å². The van der Waals surface area contributed by atoms with Crippen LogP contribution in [0.4, 0.5) is 0 Å². The minimum absolute atomic E-state index is 0. The largest absolute Gasteiger partial charge is 2.00 e. The molecule has 0 saturated heterocycles. The molecule has 0 aliphatic carbocycles. The van der Waals surface area contributed by atoms with Crippen LogP contribution in [0.3, 0.4) is 0 Å². The van der Waals surface area contributed by atoms with Crippen molar-refractivity contribution in [1.29, 1.82) is 0 Å². The minimum atomic E-state index is -0.0826. The topological polar surface area (TPSA) is 106 Å². The molecule has 0 unspecified atom stereocenters. The number of nitrogens with zero attached hydrogens (tertiary/aromatic N) is 8. The van der Waals surface area contributed by atoms with Gasteiger partial charge in [0.25, 0.3) is 0 Å². The Bertz CT molecular complexity index is 2760. The van der Waals surface area contributed by atoms with Gasteiger partial charge in [0.05, 0.1) is 23.3 Å². The van der Waals surface area contributed by atoms with E-state index in [1.807, 2.05) is 0 Å². The van der Waals surface area contributed by atoms with Crippen molar-refractivity contribution in [3.63, 3.8) is 0 Å². The number of benzene rings is 4. The van der Waals surface area contributed by atoms with Gasteiger partial charge in [-0.2, -0.15) is 0 Å². The molecular weight excluding hydrogens is 790 g/mol. The zero-order valence-electron chi connectivity index (χ0n) is 34.9. The maximum atomic E-state index is 5.25. The fourth-order valence-corrected chi connectivity index (χ4v) is 7.53. The van der Waals surface area contributed by atoms with Crippen LogP contribution < -0.4 is 9.97 Å². The van der Waals surface area contributed by atoms with Gasteiger partial charge in [0.1, 0.15) is 0 Å². The number of rotatable bonds is 0. The molecule has 9 heteroatoms. The van der Waals surface area contributed by atoms with E-state index in [0.29, 0.717) is 45.9 Å². The summed E-state index contributed by atoms with van der Waals surface area (Å²) in [4.78, 5) is 41.6. The summed E-state index contributed by atoms with van der Waals surface area (Å²) in [6, 6.07) is 25.9. The Hall–Kier alpha value is -5.14. The smallest absolute Gasteiger partial charge is 0.357 e. The molecule has 288 valence electrons. The van der Waals surface area contributed by atoms with E-state index in [9.17, 15) is 0 Å². The van der Waals surface area contributed by atoms with E-state index < -0.39 is 0 Å². The normalized spacial score (nSPS) is 13.1. The van der Waals surface area contributed by atoms with Crippen LogP contribution in [0.25, 0.3) is 89.7 Å². The van der Waals surface area contributed by atoms with E-state index >= 15 is 0 Å². The molecule has 0 N–H and O–H groups in total. The summed E-state index contributed by atoms with van der Waals surface area (Å²) in [5.41, 5.74) is 10.3. The molecule has 8 bridgehead atoms. The van der Waals surface area contributed by atoms with E-state index in [4.69, 9.17) is 39.9 Å². The molecule has 0 fully saturated rings. The van der Waals surface area contributed by atoms with Gasteiger partial charge in [0.15, 0.2) is 0 Å². The van der Waals surface area contributed by atoms with E-state index in [1.165, 1.54) is 22.3 Å². The Balaban J connectivity index is 0.00000455. The third-order valence-corrected chi connectivity index (χ3v) is 11.2. The van der Waals surface area contributed by atoms with Gasteiger partial charge in [-0.15, -0.1) is 0 Å². The Morgan fingerprint density at radius 2 is 0.596 bits per heavy atom. The Labute approximate surface area is 347 Å². The van der Waals surface area contributed by atoms with Crippen molar-refractivity contribution in [3.05, 3.63) is 95.1 Å². The van der Waals surface area contributed by atoms with Crippen molar-refractivity contribution >= 4 is 44.1 Å². The summed E-state index contributed by atoms with van der Waals surface area (Å²) in [5, 5.41) is 3.64. The Morgan fingerprint density at radius 3 is 0.930 bits per heavy atom. The van der Waals surface area contributed by atoms with Crippen LogP contribution in [-0.2, 0) is 41.1 Å². The first kappa shape index (κ1) is 38.7. The molecule has 2 aliphatic rings. The summed E-state index contributed by atoms with van der Waals surface area (Å²) >= 11 is 0. The van der Waals surface area contributed by atoms with Gasteiger partial charge in [0.2, 0.25) is 0 Å². The van der Waals surface area contributed by atoms with Gasteiger partial charge >= 0.3 is 19.5 Å². The number of aromatic nitrogens is 8. The molecule has 0 spiro atoms. The van der Waals surface area contributed by atoms with Crippen molar-refractivity contribution in [1.82, 2.24) is 39.9 Å². The standard InChI is InChI=1S/C48H48N8.Ru/c1-45(2,3)25-13-17-29-33(21-25)41-49-37(29)54-42-35-23-27(47(7,8)9)15-19-31(35)39(51-42)56-44-36-24-28(48(10,11)12)16-20-32(36)40(52-44)55-43-34-22-26(46(4,5)6)14-18-30(34)38(50-43)53-41;/h13-24H,1-12H3;/q-2;+2. The SMILES string of the molecule is CC(C)(C)c1ccc2c(c1)-c1nc-2nc2[n-]c(nc3nc(nc4[n-]c(n1)c1ccc(C(C)(C)C)cc41)-c1ccc(C(C)(C)C)cc1-3)c1ccc(C(C)(C)C)cc21.[Ru+2]. The van der Waals surface area contributed by atoms with Crippen LogP contribution >= 0.6 is 0 Å². The van der Waals surface area contributed by atoms with Crippen LogP contribution in [0.1, 0.15) is 105 Å². The molecular formula is C48H48N8Ru. The monoisotopic (exact) mass is 838 g/mol. The van der Waals surface area contributed by atoms with Crippen molar-refractivity contribution < 1.29 is 19.5 Å². The van der Waals surface area contributed by atoms with Gasteiger partial charge in [-0.05, 0) is 89.7 Å². The first-order valence-electron chi connectivity index (χ1n) is 19.5. The van der Waals surface area contributed by atoms with Crippen molar-refractivity contribution in [3.8, 4) is 45.6 Å². The second-order valence-corrected chi connectivity index (χ2v) is 19.5. The van der Waals surface area contributed by atoms with E-state index in [0.717, 1.165) is 43.8 Å². The summed E-state index contributed by atoms with van der Waals surface area (Å²) in [6.07, 6.45) is 0. The summed E-state index contributed by atoms with van der Waals surface area (Å²) in [6.45, 7) is 26.6. The van der Waals surface area contributed by atoms with Gasteiger partial charge in [-0.3, -0.25) is 0 Å². The predicted octanol–water partition coefficient (Wildman–Crippen LogP) is 11.3. The van der Waals surface area contributed by atoms with E-state index in [1.54, 1.807) is 0 Å². The zero-order valence-corrected chi connectivity index (χ0v) is 36.6. The van der Waals surface area contributed by atoms with Gasteiger partial charge < -0.3 is 29.9 Å². The molecule has 0 radical (unpaired) electrons. The molecule has 0 amide bonds. The average molecular weight is 838 g/mol. The fraction of sp³-hybridized carbons (Fsp3) is 0.333. The molecule has 5 heterocycles. The Kier molecular flexibility index (Phi) is 8.79. The predicted molar refractivity (Wildman–Crippen MR) is 229 cm³/mol. The summed E-state index contributed by atoms with van der Waals surface area (Å²) in [5.74, 6) is 2.24. The number of hydrogen-bond acceptors (Lipinski definition) is 6. The zero-order chi connectivity index (χ0) is 39.7.